The van der Waals surface area contributed by atoms with Crippen molar-refractivity contribution in [1.82, 2.24) is 29.9 Å². The van der Waals surface area contributed by atoms with Crippen LogP contribution in [0.5, 0.6) is 0 Å². The molecule has 2 aromatic carbocycles. The minimum Gasteiger partial charge on any atom is -0.346 e. The highest BCUT2D eigenvalue weighted by Gasteiger charge is 2.28. The topological polar surface area (TPSA) is 104 Å². The maximum absolute atomic E-state index is 14.8. The average molecular weight is 500 g/mol. The maximum atomic E-state index is 14.8. The first-order chi connectivity index (χ1) is 17.4. The molecule has 1 aliphatic carbocycles. The van der Waals surface area contributed by atoms with E-state index in [0.29, 0.717) is 28.4 Å². The zero-order valence-corrected chi connectivity index (χ0v) is 20.5. The Kier molecular flexibility index (Phi) is 5.30. The van der Waals surface area contributed by atoms with Crippen molar-refractivity contribution < 1.29 is 9.18 Å². The summed E-state index contributed by atoms with van der Waals surface area (Å²) in [6.45, 7) is 2.01. The highest BCUT2D eigenvalue weighted by Crippen LogP contribution is 2.38. The summed E-state index contributed by atoms with van der Waals surface area (Å²) in [7, 11) is 1.83. The molecule has 0 radical (unpaired) electrons. The number of fused-ring (bicyclic) bond motifs is 2. The van der Waals surface area contributed by atoms with Gasteiger partial charge in [0.15, 0.2) is 0 Å². The van der Waals surface area contributed by atoms with Gasteiger partial charge in [0.05, 0.1) is 35.0 Å². The molecule has 0 atom stereocenters. The molecule has 0 aliphatic heterocycles. The van der Waals surface area contributed by atoms with Gasteiger partial charge in [0.25, 0.3) is 5.91 Å². The molecule has 0 saturated heterocycles. The monoisotopic (exact) mass is 499 g/mol. The molecule has 10 heteroatoms. The molecule has 180 valence electrons. The van der Waals surface area contributed by atoms with Crippen LogP contribution in [0, 0.1) is 24.1 Å². The molecule has 36 heavy (non-hydrogen) atoms. The fourth-order valence-corrected chi connectivity index (χ4v) is 5.58. The minimum absolute atomic E-state index is 0.0653. The van der Waals surface area contributed by atoms with E-state index in [1.165, 1.54) is 17.8 Å². The first-order valence-electron chi connectivity index (χ1n) is 11.6. The predicted octanol–water partition coefficient (Wildman–Crippen LogP) is 4.99. The molecule has 1 aliphatic rings. The molecule has 1 fully saturated rings. The Bertz CT molecular complexity index is 1700. The zero-order chi connectivity index (χ0) is 25.0. The summed E-state index contributed by atoms with van der Waals surface area (Å²) in [6.07, 6.45) is 5.50. The van der Waals surface area contributed by atoms with Crippen LogP contribution in [0.25, 0.3) is 21.8 Å². The Morgan fingerprint density at radius 1 is 1.28 bits per heavy atom. The lowest BCUT2D eigenvalue weighted by molar-refractivity contribution is 0.0942. The quantitative estimate of drug-likeness (QED) is 0.343. The lowest BCUT2D eigenvalue weighted by Crippen LogP contribution is -2.26. The van der Waals surface area contributed by atoms with Crippen LogP contribution in [0.3, 0.4) is 0 Å². The number of carbonyl (C=O) groups excluding carboxylic acids is 1. The number of nitriles is 1. The highest BCUT2D eigenvalue weighted by molar-refractivity contribution is 7.99. The van der Waals surface area contributed by atoms with Crippen LogP contribution in [0.1, 0.15) is 46.2 Å². The van der Waals surface area contributed by atoms with Crippen molar-refractivity contribution in [2.45, 2.75) is 42.1 Å². The van der Waals surface area contributed by atoms with E-state index in [-0.39, 0.29) is 18.3 Å². The lowest BCUT2D eigenvalue weighted by atomic mass is 10.1. The second-order valence-corrected chi connectivity index (χ2v) is 10.1. The Morgan fingerprint density at radius 2 is 2.11 bits per heavy atom. The Balaban J connectivity index is 1.26. The Hall–Kier alpha value is -4.10. The van der Waals surface area contributed by atoms with Gasteiger partial charge in [0, 0.05) is 45.4 Å². The molecule has 1 saturated carbocycles. The third-order valence-electron chi connectivity index (χ3n) is 6.72. The Labute approximate surface area is 210 Å². The zero-order valence-electron chi connectivity index (χ0n) is 19.7. The van der Waals surface area contributed by atoms with Crippen molar-refractivity contribution in [3.63, 3.8) is 0 Å². The largest absolute Gasteiger partial charge is 0.346 e. The fraction of sp³-hybridized carbons (Fsp3) is 0.231. The van der Waals surface area contributed by atoms with Crippen LogP contribution >= 0.6 is 11.8 Å². The molecule has 2 N–H and O–H groups in total. The summed E-state index contributed by atoms with van der Waals surface area (Å²) in [5.74, 6) is -0.642. The van der Waals surface area contributed by atoms with Crippen molar-refractivity contribution in [2.75, 3.05) is 0 Å². The Morgan fingerprint density at radius 3 is 2.89 bits per heavy atom. The number of hydrogen-bond acceptors (Lipinski definition) is 5. The van der Waals surface area contributed by atoms with E-state index in [0.717, 1.165) is 44.6 Å². The lowest BCUT2D eigenvalue weighted by Gasteiger charge is -2.11. The molecular formula is C26H22FN7OS. The van der Waals surface area contributed by atoms with E-state index >= 15 is 0 Å². The number of rotatable bonds is 6. The van der Waals surface area contributed by atoms with Gasteiger partial charge in [-0.1, -0.05) is 11.8 Å². The first kappa shape index (κ1) is 22.4. The van der Waals surface area contributed by atoms with E-state index in [2.05, 4.69) is 26.7 Å². The van der Waals surface area contributed by atoms with E-state index in [1.54, 1.807) is 18.5 Å². The molecule has 0 spiro atoms. The number of aromatic amines is 1. The van der Waals surface area contributed by atoms with Crippen LogP contribution < -0.4 is 5.32 Å². The second kappa shape index (κ2) is 8.53. The molecule has 5 aromatic rings. The van der Waals surface area contributed by atoms with Crippen molar-refractivity contribution in [3.05, 3.63) is 71.1 Å². The van der Waals surface area contributed by atoms with Crippen molar-refractivity contribution in [3.8, 4) is 6.07 Å². The van der Waals surface area contributed by atoms with Crippen LogP contribution in [0.15, 0.2) is 52.5 Å². The van der Waals surface area contributed by atoms with E-state index < -0.39 is 0 Å². The van der Waals surface area contributed by atoms with Gasteiger partial charge in [-0.15, -0.1) is 0 Å². The van der Waals surface area contributed by atoms with Gasteiger partial charge in [0.1, 0.15) is 17.6 Å². The van der Waals surface area contributed by atoms with Gasteiger partial charge in [-0.25, -0.2) is 4.39 Å². The van der Waals surface area contributed by atoms with Crippen LogP contribution in [0.2, 0.25) is 0 Å². The molecular weight excluding hydrogens is 477 g/mol. The van der Waals surface area contributed by atoms with Crippen molar-refractivity contribution in [2.24, 2.45) is 7.05 Å². The molecule has 3 aromatic heterocycles. The standard InChI is InChI=1S/C26H22FN7OS/c1-14-23(36-19-7-16(10-28)24-17(8-19)11-30-32-24)9-22(33(14)2)26(35)29-13-20-21(27)6-3-15-12-31-34(25(15)20)18-4-5-18/h3,6-9,11-12,18H,4-5,13H2,1-2H3,(H,29,35)(H,30,32). The van der Waals surface area contributed by atoms with E-state index in [1.807, 2.05) is 41.4 Å². The summed E-state index contributed by atoms with van der Waals surface area (Å²) in [5, 5.41) is 25.4. The number of H-pyrrole nitrogens is 1. The fourth-order valence-electron chi connectivity index (χ4n) is 4.51. The highest BCUT2D eigenvalue weighted by atomic mass is 32.2. The number of hydrogen-bond donors (Lipinski definition) is 2. The third-order valence-corrected chi connectivity index (χ3v) is 7.82. The number of benzene rings is 2. The number of nitrogens with zero attached hydrogens (tertiary/aromatic N) is 5. The first-order valence-corrected chi connectivity index (χ1v) is 12.4. The number of nitrogens with one attached hydrogen (secondary N) is 2. The van der Waals surface area contributed by atoms with Crippen LogP contribution in [-0.2, 0) is 13.6 Å². The summed E-state index contributed by atoms with van der Waals surface area (Å²) in [5.41, 5.74) is 3.81. The number of halogens is 1. The molecule has 0 unspecified atom stereocenters. The normalized spacial score (nSPS) is 13.4. The van der Waals surface area contributed by atoms with Crippen molar-refractivity contribution in [1.29, 1.82) is 5.26 Å². The summed E-state index contributed by atoms with van der Waals surface area (Å²) >= 11 is 1.48. The van der Waals surface area contributed by atoms with E-state index in [4.69, 9.17) is 0 Å². The van der Waals surface area contributed by atoms with Gasteiger partial charge in [0.2, 0.25) is 0 Å². The summed E-state index contributed by atoms with van der Waals surface area (Å²) < 4.78 is 18.5. The smallest absolute Gasteiger partial charge is 0.268 e. The van der Waals surface area contributed by atoms with Gasteiger partial charge >= 0.3 is 0 Å². The number of amides is 1. The van der Waals surface area contributed by atoms with Crippen molar-refractivity contribution >= 4 is 39.5 Å². The summed E-state index contributed by atoms with van der Waals surface area (Å²) in [4.78, 5) is 14.9. The van der Waals surface area contributed by atoms with E-state index in [9.17, 15) is 14.4 Å². The van der Waals surface area contributed by atoms with Crippen LogP contribution in [-0.4, -0.2) is 30.5 Å². The molecule has 8 nitrogen and oxygen atoms in total. The minimum atomic E-state index is -0.354. The maximum Gasteiger partial charge on any atom is 0.268 e. The predicted molar refractivity (Wildman–Crippen MR) is 134 cm³/mol. The van der Waals surface area contributed by atoms with Gasteiger partial charge in [-0.3, -0.25) is 14.6 Å². The van der Waals surface area contributed by atoms with Crippen LogP contribution in [0.4, 0.5) is 4.39 Å². The molecule has 3 heterocycles. The number of carbonyl (C=O) groups is 1. The average Bonchev–Trinajstić information content (AvgIpc) is 3.33. The third kappa shape index (κ3) is 3.72. The summed E-state index contributed by atoms with van der Waals surface area (Å²) in [6, 6.07) is 11.3. The molecule has 6 rings (SSSR count). The van der Waals surface area contributed by atoms with Gasteiger partial charge < -0.3 is 9.88 Å². The second-order valence-electron chi connectivity index (χ2n) is 9.02. The number of aromatic nitrogens is 5. The molecule has 1 amide bonds. The molecule has 0 bridgehead atoms. The SMILES string of the molecule is Cc1c(Sc2cc(C#N)c3[nH]ncc3c2)cc(C(=O)NCc2c(F)ccc3cnn(C4CC4)c23)n1C. The van der Waals surface area contributed by atoms with Gasteiger partial charge in [-0.05, 0) is 50.1 Å². The van der Waals surface area contributed by atoms with Gasteiger partial charge in [-0.2, -0.15) is 15.5 Å².